The number of primary amides is 1. The lowest BCUT2D eigenvalue weighted by atomic mass is 10.1. The number of rotatable bonds is 1. The molecule has 0 atom stereocenters. The molecule has 3 rings (SSSR count). The predicted octanol–water partition coefficient (Wildman–Crippen LogP) is 1.52. The van der Waals surface area contributed by atoms with Crippen molar-refractivity contribution in [1.82, 2.24) is 4.98 Å². The van der Waals surface area contributed by atoms with Crippen molar-refractivity contribution in [2.24, 2.45) is 5.73 Å². The quantitative estimate of drug-likeness (QED) is 0.777. The summed E-state index contributed by atoms with van der Waals surface area (Å²) in [4.78, 5) is 15.6. The molecule has 2 N–H and O–H groups in total. The van der Waals surface area contributed by atoms with Gasteiger partial charge in [-0.1, -0.05) is 0 Å². The van der Waals surface area contributed by atoms with Gasteiger partial charge in [0.15, 0.2) is 0 Å². The van der Waals surface area contributed by atoms with Gasteiger partial charge in [-0.3, -0.25) is 4.98 Å². The summed E-state index contributed by atoms with van der Waals surface area (Å²) in [7, 11) is 0. The fourth-order valence-electron chi connectivity index (χ4n) is 2.76. The van der Waals surface area contributed by atoms with Crippen molar-refractivity contribution >= 4 is 6.09 Å². The molecular formula is C12H14N2O2. The van der Waals surface area contributed by atoms with E-state index in [0.717, 1.165) is 66.8 Å². The van der Waals surface area contributed by atoms with Gasteiger partial charge in [-0.25, -0.2) is 4.79 Å². The third-order valence-corrected chi connectivity index (χ3v) is 3.40. The van der Waals surface area contributed by atoms with E-state index in [2.05, 4.69) is 4.98 Å². The van der Waals surface area contributed by atoms with Gasteiger partial charge in [0.25, 0.3) is 0 Å². The Kier molecular flexibility index (Phi) is 2.09. The number of carbonyl (C=O) groups is 1. The van der Waals surface area contributed by atoms with Crippen molar-refractivity contribution in [3.05, 3.63) is 22.5 Å². The molecule has 0 radical (unpaired) electrons. The molecule has 0 saturated carbocycles. The maximum Gasteiger partial charge on any atom is 0.409 e. The Balaban J connectivity index is 2.15. The van der Waals surface area contributed by atoms with E-state index >= 15 is 0 Å². The number of carbonyl (C=O) groups excluding carboxylic acids is 1. The number of pyridine rings is 1. The number of ether oxygens (including phenoxy) is 1. The number of nitrogens with two attached hydrogens (primary N) is 1. The van der Waals surface area contributed by atoms with Gasteiger partial charge in [0.1, 0.15) is 5.75 Å². The minimum atomic E-state index is -0.714. The Morgan fingerprint density at radius 1 is 1.06 bits per heavy atom. The number of hydrogen-bond acceptors (Lipinski definition) is 3. The van der Waals surface area contributed by atoms with E-state index < -0.39 is 6.09 Å². The maximum absolute atomic E-state index is 10.9. The normalized spacial score (nSPS) is 17.0. The Labute approximate surface area is 93.8 Å². The highest BCUT2D eigenvalue weighted by Gasteiger charge is 2.27. The summed E-state index contributed by atoms with van der Waals surface area (Å²) in [6.07, 6.45) is 5.39. The van der Waals surface area contributed by atoms with E-state index in [9.17, 15) is 4.79 Å². The Morgan fingerprint density at radius 3 is 2.12 bits per heavy atom. The van der Waals surface area contributed by atoms with Crippen LogP contribution in [-0.4, -0.2) is 11.1 Å². The molecule has 0 bridgehead atoms. The van der Waals surface area contributed by atoms with Gasteiger partial charge in [0, 0.05) is 22.5 Å². The van der Waals surface area contributed by atoms with Crippen molar-refractivity contribution in [3.8, 4) is 5.75 Å². The fraction of sp³-hybridized carbons (Fsp3) is 0.500. The third-order valence-electron chi connectivity index (χ3n) is 3.40. The Hall–Kier alpha value is -1.58. The van der Waals surface area contributed by atoms with Crippen molar-refractivity contribution in [1.29, 1.82) is 0 Å². The fourth-order valence-corrected chi connectivity index (χ4v) is 2.76. The van der Waals surface area contributed by atoms with E-state index in [1.165, 1.54) is 0 Å². The maximum atomic E-state index is 10.9. The van der Waals surface area contributed by atoms with Gasteiger partial charge in [0.05, 0.1) is 0 Å². The van der Waals surface area contributed by atoms with Crippen molar-refractivity contribution < 1.29 is 9.53 Å². The summed E-state index contributed by atoms with van der Waals surface area (Å²) < 4.78 is 5.20. The number of hydrogen-bond donors (Lipinski definition) is 1. The molecular weight excluding hydrogens is 204 g/mol. The van der Waals surface area contributed by atoms with Gasteiger partial charge >= 0.3 is 6.09 Å². The second-order valence-corrected chi connectivity index (χ2v) is 4.42. The highest BCUT2D eigenvalue weighted by molar-refractivity contribution is 5.70. The van der Waals surface area contributed by atoms with Gasteiger partial charge in [-0.2, -0.15) is 0 Å². The average Bonchev–Trinajstić information content (AvgIpc) is 2.83. The molecule has 0 saturated heterocycles. The topological polar surface area (TPSA) is 65.2 Å². The first-order valence-electron chi connectivity index (χ1n) is 5.76. The van der Waals surface area contributed by atoms with Crippen LogP contribution in [0.2, 0.25) is 0 Å². The van der Waals surface area contributed by atoms with Crippen LogP contribution in [0.15, 0.2) is 0 Å². The average molecular weight is 218 g/mol. The number of amides is 1. The van der Waals surface area contributed by atoms with Crippen LogP contribution in [-0.2, 0) is 25.7 Å². The number of fused-ring (bicyclic) bond motifs is 2. The number of aryl methyl sites for hydroxylation is 2. The van der Waals surface area contributed by atoms with E-state index in [4.69, 9.17) is 10.5 Å². The summed E-state index contributed by atoms with van der Waals surface area (Å²) in [6, 6.07) is 0. The van der Waals surface area contributed by atoms with Crippen molar-refractivity contribution in [2.45, 2.75) is 38.5 Å². The van der Waals surface area contributed by atoms with E-state index in [0.29, 0.717) is 0 Å². The molecule has 0 unspecified atom stereocenters. The summed E-state index contributed by atoms with van der Waals surface area (Å²) in [6.45, 7) is 0. The molecule has 84 valence electrons. The molecule has 1 aromatic heterocycles. The molecule has 2 aliphatic carbocycles. The van der Waals surface area contributed by atoms with Crippen LogP contribution < -0.4 is 10.5 Å². The van der Waals surface area contributed by atoms with Gasteiger partial charge in [-0.05, 0) is 38.5 Å². The Bertz CT molecular complexity index is 436. The van der Waals surface area contributed by atoms with E-state index in [-0.39, 0.29) is 0 Å². The summed E-state index contributed by atoms with van der Waals surface area (Å²) in [5.41, 5.74) is 9.57. The van der Waals surface area contributed by atoms with Crippen LogP contribution in [0.5, 0.6) is 5.75 Å². The molecule has 0 spiro atoms. The predicted molar refractivity (Wildman–Crippen MR) is 58.5 cm³/mol. The molecule has 2 aliphatic rings. The summed E-state index contributed by atoms with van der Waals surface area (Å²) >= 11 is 0. The van der Waals surface area contributed by atoms with Gasteiger partial charge < -0.3 is 10.5 Å². The molecule has 4 nitrogen and oxygen atoms in total. The third kappa shape index (κ3) is 1.37. The molecule has 0 aliphatic heterocycles. The van der Waals surface area contributed by atoms with Crippen molar-refractivity contribution in [2.75, 3.05) is 0 Å². The lowest BCUT2D eigenvalue weighted by Gasteiger charge is -2.12. The zero-order valence-corrected chi connectivity index (χ0v) is 9.08. The van der Waals surface area contributed by atoms with Crippen LogP contribution in [0, 0.1) is 0 Å². The smallest absolute Gasteiger partial charge is 0.409 e. The number of aromatic nitrogens is 1. The van der Waals surface area contributed by atoms with Crippen LogP contribution in [0.1, 0.15) is 35.4 Å². The van der Waals surface area contributed by atoms with Gasteiger partial charge in [0.2, 0.25) is 0 Å². The highest BCUT2D eigenvalue weighted by Crippen LogP contribution is 2.38. The van der Waals surface area contributed by atoms with Crippen molar-refractivity contribution in [3.63, 3.8) is 0 Å². The molecule has 0 fully saturated rings. The SMILES string of the molecule is NC(=O)Oc1c2c(nc3c1CCC3)CCC2. The molecule has 0 aromatic carbocycles. The monoisotopic (exact) mass is 218 g/mol. The molecule has 1 amide bonds. The molecule has 1 aromatic rings. The van der Waals surface area contributed by atoms with Crippen LogP contribution in [0.3, 0.4) is 0 Å². The zero-order chi connectivity index (χ0) is 11.1. The minimum Gasteiger partial charge on any atom is -0.410 e. The first-order chi connectivity index (χ1) is 7.75. The second kappa shape index (κ2) is 3.47. The van der Waals surface area contributed by atoms with Crippen LogP contribution >= 0.6 is 0 Å². The lowest BCUT2D eigenvalue weighted by molar-refractivity contribution is 0.210. The Morgan fingerprint density at radius 2 is 1.62 bits per heavy atom. The summed E-state index contributed by atoms with van der Waals surface area (Å²) in [5, 5.41) is 0. The second-order valence-electron chi connectivity index (χ2n) is 4.42. The molecule has 4 heteroatoms. The highest BCUT2D eigenvalue weighted by atomic mass is 16.5. The first-order valence-corrected chi connectivity index (χ1v) is 5.76. The van der Waals surface area contributed by atoms with Gasteiger partial charge in [-0.15, -0.1) is 0 Å². The number of nitrogens with zero attached hydrogens (tertiary/aromatic N) is 1. The van der Waals surface area contributed by atoms with Crippen LogP contribution in [0.4, 0.5) is 4.79 Å². The lowest BCUT2D eigenvalue weighted by Crippen LogP contribution is -2.18. The van der Waals surface area contributed by atoms with E-state index in [1.54, 1.807) is 0 Å². The molecule has 1 heterocycles. The summed E-state index contributed by atoms with van der Waals surface area (Å²) in [5.74, 6) is 0.725. The zero-order valence-electron chi connectivity index (χ0n) is 9.08. The molecule has 16 heavy (non-hydrogen) atoms. The first kappa shape index (κ1) is 9.63. The standard InChI is InChI=1S/C12H14N2O2/c13-12(15)16-11-7-3-1-5-9(7)14-10-6-2-4-8(10)11/h1-6H2,(H2,13,15). The van der Waals surface area contributed by atoms with E-state index in [1.807, 2.05) is 0 Å². The minimum absolute atomic E-state index is 0.714. The van der Waals surface area contributed by atoms with Crippen LogP contribution in [0.25, 0.3) is 0 Å². The largest absolute Gasteiger partial charge is 0.410 e.